The fraction of sp³-hybridized carbons (Fsp3) is 0.346. The monoisotopic (exact) mass is 440 g/mol. The van der Waals surface area contributed by atoms with Gasteiger partial charge in [0.25, 0.3) is 0 Å². The van der Waals surface area contributed by atoms with E-state index in [1.165, 1.54) is 5.69 Å². The summed E-state index contributed by atoms with van der Waals surface area (Å²) < 4.78 is 1.79. The average Bonchev–Trinajstić information content (AvgIpc) is 3.42. The molecule has 1 aliphatic heterocycles. The number of benzene rings is 1. The summed E-state index contributed by atoms with van der Waals surface area (Å²) in [5, 5.41) is 15.7. The third kappa shape index (κ3) is 3.53. The maximum absolute atomic E-state index is 10.3. The van der Waals surface area contributed by atoms with E-state index in [-0.39, 0.29) is 6.10 Å². The lowest BCUT2D eigenvalue weighted by Gasteiger charge is -2.35. The maximum atomic E-state index is 10.3. The van der Waals surface area contributed by atoms with Crippen molar-refractivity contribution in [3.05, 3.63) is 55.1 Å². The van der Waals surface area contributed by atoms with Gasteiger partial charge in [0.15, 0.2) is 0 Å². The van der Waals surface area contributed by atoms with Crippen LogP contribution in [0.15, 0.2) is 55.1 Å². The Bertz CT molecular complexity index is 1310. The molecule has 33 heavy (non-hydrogen) atoms. The molecular formula is C26H28N6O. The molecule has 168 valence electrons. The number of anilines is 2. The summed E-state index contributed by atoms with van der Waals surface area (Å²) in [7, 11) is 4.03. The van der Waals surface area contributed by atoms with Crippen molar-refractivity contribution in [1.29, 1.82) is 0 Å². The maximum Gasteiger partial charge on any atom is 0.0904 e. The Morgan fingerprint density at radius 1 is 0.939 bits per heavy atom. The third-order valence-corrected chi connectivity index (χ3v) is 7.04. The molecule has 1 N–H and O–H groups in total. The molecule has 7 heteroatoms. The third-order valence-electron chi connectivity index (χ3n) is 7.04. The highest BCUT2D eigenvalue weighted by Crippen LogP contribution is 2.44. The number of aliphatic hydroxyl groups is 1. The van der Waals surface area contributed by atoms with Crippen molar-refractivity contribution in [3.63, 3.8) is 0 Å². The van der Waals surface area contributed by atoms with Gasteiger partial charge >= 0.3 is 0 Å². The van der Waals surface area contributed by atoms with Crippen LogP contribution in [0.25, 0.3) is 33.3 Å². The van der Waals surface area contributed by atoms with E-state index in [0.29, 0.717) is 6.04 Å². The molecule has 2 atom stereocenters. The van der Waals surface area contributed by atoms with Crippen LogP contribution in [0.5, 0.6) is 0 Å². The van der Waals surface area contributed by atoms with E-state index >= 15 is 0 Å². The summed E-state index contributed by atoms with van der Waals surface area (Å²) in [6.07, 6.45) is 11.5. The van der Waals surface area contributed by atoms with E-state index in [1.807, 2.05) is 37.9 Å². The van der Waals surface area contributed by atoms with E-state index in [1.54, 1.807) is 4.68 Å². The van der Waals surface area contributed by atoms with Gasteiger partial charge in [-0.2, -0.15) is 5.10 Å². The predicted octanol–water partition coefficient (Wildman–Crippen LogP) is 4.21. The van der Waals surface area contributed by atoms with Crippen LogP contribution in [0, 0.1) is 0 Å². The highest BCUT2D eigenvalue weighted by molar-refractivity contribution is 6.02. The highest BCUT2D eigenvalue weighted by atomic mass is 16.3. The van der Waals surface area contributed by atoms with Gasteiger partial charge in [-0.25, -0.2) is 0 Å². The minimum absolute atomic E-state index is 0.203. The minimum Gasteiger partial charge on any atom is -0.393 e. The van der Waals surface area contributed by atoms with E-state index in [9.17, 15) is 5.11 Å². The second kappa shape index (κ2) is 7.85. The average molecular weight is 441 g/mol. The van der Waals surface area contributed by atoms with Crippen LogP contribution >= 0.6 is 0 Å². The van der Waals surface area contributed by atoms with Crippen LogP contribution in [0.3, 0.4) is 0 Å². The van der Waals surface area contributed by atoms with Crippen molar-refractivity contribution in [3.8, 4) is 22.4 Å². The molecule has 0 spiro atoms. The summed E-state index contributed by atoms with van der Waals surface area (Å²) in [5.41, 5.74) is 7.52. The standard InChI is InChI=1S/C26H28N6O/c1-30-16-32(20-4-3-5-21(33)11-20)26-22-10-17(6-9-24(22)28-14-25(26)30)18-7-8-23(27-12-18)19-13-29-31(2)15-19/h6-10,12-15,20-21,33H,3-5,11,16H2,1-2H3. The van der Waals surface area contributed by atoms with Crippen LogP contribution in [-0.4, -0.2) is 50.7 Å². The molecule has 0 saturated heterocycles. The van der Waals surface area contributed by atoms with Crippen LogP contribution in [0.4, 0.5) is 11.4 Å². The Morgan fingerprint density at radius 3 is 2.58 bits per heavy atom. The zero-order chi connectivity index (χ0) is 22.5. The van der Waals surface area contributed by atoms with Crippen molar-refractivity contribution < 1.29 is 5.11 Å². The Kier molecular flexibility index (Phi) is 4.80. The van der Waals surface area contributed by atoms with Gasteiger partial charge in [-0.1, -0.05) is 12.1 Å². The first-order valence-corrected chi connectivity index (χ1v) is 11.6. The normalized spacial score (nSPS) is 20.5. The Morgan fingerprint density at radius 2 is 1.82 bits per heavy atom. The number of nitrogens with zero attached hydrogens (tertiary/aromatic N) is 6. The van der Waals surface area contributed by atoms with E-state index in [4.69, 9.17) is 4.98 Å². The van der Waals surface area contributed by atoms with Crippen LogP contribution in [0.1, 0.15) is 25.7 Å². The molecule has 4 heterocycles. The molecule has 0 bridgehead atoms. The van der Waals surface area contributed by atoms with E-state index in [2.05, 4.69) is 51.2 Å². The van der Waals surface area contributed by atoms with Crippen molar-refractivity contribution >= 4 is 22.3 Å². The lowest BCUT2D eigenvalue weighted by Crippen LogP contribution is -2.41. The number of aromatic nitrogens is 4. The summed E-state index contributed by atoms with van der Waals surface area (Å²) in [4.78, 5) is 14.2. The predicted molar refractivity (Wildman–Crippen MR) is 131 cm³/mol. The van der Waals surface area contributed by atoms with Gasteiger partial charge in [0.2, 0.25) is 0 Å². The summed E-state index contributed by atoms with van der Waals surface area (Å²) in [6, 6.07) is 11.0. The molecule has 1 fully saturated rings. The number of rotatable bonds is 3. The van der Waals surface area contributed by atoms with Crippen molar-refractivity contribution in [2.45, 2.75) is 37.8 Å². The minimum atomic E-state index is -0.203. The summed E-state index contributed by atoms with van der Waals surface area (Å²) in [5.74, 6) is 0. The molecule has 0 radical (unpaired) electrons. The molecule has 3 aromatic heterocycles. The molecule has 4 aromatic rings. The first-order valence-electron chi connectivity index (χ1n) is 11.6. The van der Waals surface area contributed by atoms with Gasteiger partial charge in [0.1, 0.15) is 0 Å². The highest BCUT2D eigenvalue weighted by Gasteiger charge is 2.34. The van der Waals surface area contributed by atoms with Gasteiger partial charge < -0.3 is 14.9 Å². The largest absolute Gasteiger partial charge is 0.393 e. The first kappa shape index (κ1) is 20.2. The Balaban J connectivity index is 1.40. The molecule has 2 aliphatic rings. The van der Waals surface area contributed by atoms with Crippen molar-refractivity contribution in [2.75, 3.05) is 23.5 Å². The lowest BCUT2D eigenvalue weighted by atomic mass is 9.91. The van der Waals surface area contributed by atoms with Gasteiger partial charge in [-0.15, -0.1) is 0 Å². The van der Waals surface area contributed by atoms with Crippen molar-refractivity contribution in [2.24, 2.45) is 7.05 Å². The SMILES string of the molecule is CN1CN(C2CCCC(O)C2)c2c1cnc1ccc(-c3ccc(-c4cnn(C)c4)nc3)cc21. The number of fused-ring (bicyclic) bond motifs is 3. The van der Waals surface area contributed by atoms with E-state index < -0.39 is 0 Å². The molecular weight excluding hydrogens is 412 g/mol. The summed E-state index contributed by atoms with van der Waals surface area (Å²) >= 11 is 0. The van der Waals surface area contributed by atoms with Crippen LogP contribution < -0.4 is 9.80 Å². The Labute approximate surface area is 193 Å². The van der Waals surface area contributed by atoms with E-state index in [0.717, 1.165) is 71.3 Å². The number of pyridine rings is 2. The van der Waals surface area contributed by atoms with Crippen molar-refractivity contribution in [1.82, 2.24) is 19.7 Å². The van der Waals surface area contributed by atoms with Crippen LogP contribution in [-0.2, 0) is 7.05 Å². The number of hydrogen-bond donors (Lipinski definition) is 1. The van der Waals surface area contributed by atoms with Gasteiger partial charge in [-0.05, 0) is 49.4 Å². The second-order valence-corrected chi connectivity index (χ2v) is 9.34. The number of aliphatic hydroxyl groups excluding tert-OH is 1. The lowest BCUT2D eigenvalue weighted by molar-refractivity contribution is 0.119. The van der Waals surface area contributed by atoms with Crippen LogP contribution in [0.2, 0.25) is 0 Å². The molecule has 7 nitrogen and oxygen atoms in total. The van der Waals surface area contributed by atoms with Gasteiger partial charge in [0, 0.05) is 49.0 Å². The topological polar surface area (TPSA) is 70.3 Å². The quantitative estimate of drug-likeness (QED) is 0.515. The molecule has 1 saturated carbocycles. The van der Waals surface area contributed by atoms with Gasteiger partial charge in [-0.3, -0.25) is 14.6 Å². The van der Waals surface area contributed by atoms with Gasteiger partial charge in [0.05, 0.1) is 47.8 Å². The molecule has 0 amide bonds. The number of hydrogen-bond acceptors (Lipinski definition) is 6. The first-order chi connectivity index (χ1) is 16.1. The fourth-order valence-electron chi connectivity index (χ4n) is 5.31. The molecule has 2 unspecified atom stereocenters. The molecule has 6 rings (SSSR count). The molecule has 1 aliphatic carbocycles. The zero-order valence-electron chi connectivity index (χ0n) is 19.0. The molecule has 1 aromatic carbocycles. The second-order valence-electron chi connectivity index (χ2n) is 9.34. The Hall–Kier alpha value is -3.45. The number of aryl methyl sites for hydroxylation is 1. The fourth-order valence-corrected chi connectivity index (χ4v) is 5.31. The zero-order valence-corrected chi connectivity index (χ0v) is 19.0. The smallest absolute Gasteiger partial charge is 0.0904 e. The summed E-state index contributed by atoms with van der Waals surface area (Å²) in [6.45, 7) is 0.832.